The number of carboxylic acid groups (broad SMARTS) is 1. The number of carbonyl (C=O) groups is 3. The highest BCUT2D eigenvalue weighted by atomic mass is 16.5. The normalized spacial score (nSPS) is 13.8. The fourth-order valence-electron chi connectivity index (χ4n) is 4.27. The minimum atomic E-state index is -1.17. The van der Waals surface area contributed by atoms with Crippen molar-refractivity contribution in [3.63, 3.8) is 0 Å². The molecule has 11 nitrogen and oxygen atoms in total. The van der Waals surface area contributed by atoms with E-state index in [0.717, 1.165) is 5.56 Å². The number of aliphatic carboxylic acids is 1. The lowest BCUT2D eigenvalue weighted by molar-refractivity contribution is -0.137. The van der Waals surface area contributed by atoms with Crippen LogP contribution in [0.5, 0.6) is 17.2 Å². The Morgan fingerprint density at radius 3 is 2.36 bits per heavy atom. The Kier molecular flexibility index (Phi) is 8.36. The van der Waals surface area contributed by atoms with Gasteiger partial charge < -0.3 is 35.3 Å². The summed E-state index contributed by atoms with van der Waals surface area (Å²) in [6.07, 6.45) is 1.08. The molecule has 1 atom stereocenters. The van der Waals surface area contributed by atoms with Gasteiger partial charge in [-0.1, -0.05) is 6.07 Å². The lowest BCUT2D eigenvalue weighted by Crippen LogP contribution is -2.34. The summed E-state index contributed by atoms with van der Waals surface area (Å²) < 4.78 is 16.8. The molecule has 1 aliphatic rings. The van der Waals surface area contributed by atoms with Crippen molar-refractivity contribution < 1.29 is 33.7 Å². The zero-order valence-corrected chi connectivity index (χ0v) is 20.5. The average molecular weight is 500 g/mol. The molecule has 0 aromatic heterocycles. The van der Waals surface area contributed by atoms with E-state index in [9.17, 15) is 19.2 Å². The first-order valence-corrected chi connectivity index (χ1v) is 11.2. The first-order valence-electron chi connectivity index (χ1n) is 11.2. The van der Waals surface area contributed by atoms with Gasteiger partial charge in [-0.25, -0.2) is 0 Å². The second kappa shape index (κ2) is 11.4. The predicted molar refractivity (Wildman–Crippen MR) is 132 cm³/mol. The van der Waals surface area contributed by atoms with Gasteiger partial charge in [-0.3, -0.25) is 19.2 Å². The molecular weight excluding hydrogens is 470 g/mol. The second-order valence-corrected chi connectivity index (χ2v) is 8.12. The molecule has 0 heterocycles. The van der Waals surface area contributed by atoms with Crippen molar-refractivity contribution >= 4 is 23.5 Å². The van der Waals surface area contributed by atoms with Crippen LogP contribution in [0.1, 0.15) is 30.5 Å². The van der Waals surface area contributed by atoms with Crippen molar-refractivity contribution in [2.45, 2.75) is 25.8 Å². The van der Waals surface area contributed by atoms with Gasteiger partial charge in [0.15, 0.2) is 11.5 Å². The lowest BCUT2D eigenvalue weighted by Gasteiger charge is -2.19. The van der Waals surface area contributed by atoms with Gasteiger partial charge in [0, 0.05) is 12.5 Å². The lowest BCUT2D eigenvalue weighted by atomic mass is 9.95. The number of ether oxygens (including phenoxy) is 3. The topological polar surface area (TPSA) is 152 Å². The molecule has 36 heavy (non-hydrogen) atoms. The molecule has 2 amide bonds. The minimum Gasteiger partial charge on any atom is -0.493 e. The molecule has 0 radical (unpaired) electrons. The zero-order valence-electron chi connectivity index (χ0n) is 20.5. The van der Waals surface area contributed by atoms with Crippen molar-refractivity contribution in [2.24, 2.45) is 0 Å². The summed E-state index contributed by atoms with van der Waals surface area (Å²) in [6, 6.07) is 6.09. The van der Waals surface area contributed by atoms with Crippen LogP contribution in [0.25, 0.3) is 11.1 Å². The number of anilines is 1. The molecule has 0 saturated heterocycles. The number of amides is 2. The number of methoxy groups -OCH3 is 3. The molecule has 0 spiro atoms. The van der Waals surface area contributed by atoms with E-state index in [4.69, 9.17) is 19.3 Å². The van der Waals surface area contributed by atoms with E-state index in [1.807, 2.05) is 6.07 Å². The number of hydrogen-bond acceptors (Lipinski definition) is 8. The van der Waals surface area contributed by atoms with E-state index >= 15 is 0 Å². The van der Waals surface area contributed by atoms with Crippen LogP contribution in [0.2, 0.25) is 0 Å². The van der Waals surface area contributed by atoms with E-state index < -0.39 is 29.9 Å². The van der Waals surface area contributed by atoms with Crippen LogP contribution in [-0.4, -0.2) is 57.3 Å². The van der Waals surface area contributed by atoms with Crippen LogP contribution in [0.15, 0.2) is 29.1 Å². The summed E-state index contributed by atoms with van der Waals surface area (Å²) in [4.78, 5) is 47.7. The average Bonchev–Trinajstić information content (AvgIpc) is 3.08. The van der Waals surface area contributed by atoms with Crippen molar-refractivity contribution in [1.82, 2.24) is 10.6 Å². The van der Waals surface area contributed by atoms with E-state index in [1.165, 1.54) is 34.3 Å². The number of rotatable bonds is 9. The summed E-state index contributed by atoms with van der Waals surface area (Å²) in [6.45, 7) is 0.591. The van der Waals surface area contributed by atoms with Gasteiger partial charge in [-0.2, -0.15) is 0 Å². The van der Waals surface area contributed by atoms with Gasteiger partial charge in [-0.05, 0) is 47.7 Å². The number of fused-ring (bicyclic) bond motifs is 3. The molecule has 0 unspecified atom stereocenters. The second-order valence-electron chi connectivity index (χ2n) is 8.12. The quantitative estimate of drug-likeness (QED) is 0.402. The van der Waals surface area contributed by atoms with Gasteiger partial charge in [0.05, 0.1) is 39.6 Å². The first kappa shape index (κ1) is 26.3. The summed E-state index contributed by atoms with van der Waals surface area (Å²) in [5.74, 6) is -0.683. The SMILES string of the molecule is COc1cc2c(c(OC)c1OC)-c1ccc(NCC(=O)NCC(=O)O)c(=O)cc1[C@H](NC(C)=O)CC2. The van der Waals surface area contributed by atoms with Crippen LogP contribution in [0.4, 0.5) is 5.69 Å². The Morgan fingerprint density at radius 1 is 1.03 bits per heavy atom. The maximum atomic E-state index is 13.1. The highest BCUT2D eigenvalue weighted by molar-refractivity contribution is 5.85. The predicted octanol–water partition coefficient (Wildman–Crippen LogP) is 1.48. The Bertz CT molecular complexity index is 1240. The largest absolute Gasteiger partial charge is 0.493 e. The monoisotopic (exact) mass is 499 g/mol. The Hall–Kier alpha value is -4.28. The number of carbonyl (C=O) groups excluding carboxylic acids is 2. The number of benzene rings is 1. The maximum absolute atomic E-state index is 13.1. The Labute approximate surface area is 207 Å². The molecule has 0 fully saturated rings. The molecule has 2 aromatic rings. The van der Waals surface area contributed by atoms with E-state index in [2.05, 4.69) is 16.0 Å². The standard InChI is InChI=1S/C25H29N3O8/c1-13(29)28-17-7-5-14-9-20(34-2)24(35-3)25(36-4)23(14)15-6-8-18(19(30)10-16(15)17)26-11-21(31)27-12-22(32)33/h6,8-10,17H,5,7,11-12H2,1-4H3,(H,26,30)(H,27,31)(H,28,29)(H,32,33)/t17-/m1/s1. The van der Waals surface area contributed by atoms with E-state index in [0.29, 0.717) is 46.8 Å². The van der Waals surface area contributed by atoms with Crippen molar-refractivity contribution in [1.29, 1.82) is 0 Å². The van der Waals surface area contributed by atoms with E-state index in [-0.39, 0.29) is 18.1 Å². The fraction of sp³-hybridized carbons (Fsp3) is 0.360. The van der Waals surface area contributed by atoms with Crippen molar-refractivity contribution in [3.05, 3.63) is 45.6 Å². The molecule has 3 rings (SSSR count). The highest BCUT2D eigenvalue weighted by Crippen LogP contribution is 2.50. The molecule has 1 aliphatic carbocycles. The number of hydrogen-bond donors (Lipinski definition) is 4. The highest BCUT2D eigenvalue weighted by Gasteiger charge is 2.29. The molecule has 0 aliphatic heterocycles. The maximum Gasteiger partial charge on any atom is 0.322 e. The van der Waals surface area contributed by atoms with Crippen LogP contribution in [0.3, 0.4) is 0 Å². The summed E-state index contributed by atoms with van der Waals surface area (Å²) >= 11 is 0. The molecule has 2 aromatic carbocycles. The summed E-state index contributed by atoms with van der Waals surface area (Å²) in [5.41, 5.74) is 2.57. The zero-order chi connectivity index (χ0) is 26.4. The first-order chi connectivity index (χ1) is 17.2. The number of carboxylic acids is 1. The van der Waals surface area contributed by atoms with E-state index in [1.54, 1.807) is 12.1 Å². The number of aryl methyl sites for hydroxylation is 1. The van der Waals surface area contributed by atoms with Gasteiger partial charge in [0.2, 0.25) is 23.0 Å². The molecule has 11 heteroatoms. The molecule has 4 N–H and O–H groups in total. The molecule has 0 saturated carbocycles. The molecule has 192 valence electrons. The smallest absolute Gasteiger partial charge is 0.322 e. The third kappa shape index (κ3) is 5.68. The Morgan fingerprint density at radius 2 is 1.75 bits per heavy atom. The Balaban J connectivity index is 2.17. The van der Waals surface area contributed by atoms with Crippen LogP contribution < -0.4 is 35.6 Å². The van der Waals surface area contributed by atoms with Crippen LogP contribution in [-0.2, 0) is 20.8 Å². The molecule has 0 bridgehead atoms. The van der Waals surface area contributed by atoms with Crippen molar-refractivity contribution in [3.8, 4) is 28.4 Å². The summed E-state index contributed by atoms with van der Waals surface area (Å²) in [5, 5.41) is 16.6. The third-order valence-corrected chi connectivity index (χ3v) is 5.79. The minimum absolute atomic E-state index is 0.135. The summed E-state index contributed by atoms with van der Waals surface area (Å²) in [7, 11) is 4.55. The third-order valence-electron chi connectivity index (χ3n) is 5.79. The van der Waals surface area contributed by atoms with Gasteiger partial charge in [0.25, 0.3) is 0 Å². The van der Waals surface area contributed by atoms with Gasteiger partial charge >= 0.3 is 5.97 Å². The molecular formula is C25H29N3O8. The van der Waals surface area contributed by atoms with Crippen LogP contribution >= 0.6 is 0 Å². The van der Waals surface area contributed by atoms with Crippen LogP contribution in [0, 0.1) is 0 Å². The fourth-order valence-corrected chi connectivity index (χ4v) is 4.27. The van der Waals surface area contributed by atoms with Gasteiger partial charge in [0.1, 0.15) is 6.54 Å². The number of nitrogens with one attached hydrogen (secondary N) is 3. The van der Waals surface area contributed by atoms with Crippen molar-refractivity contribution in [2.75, 3.05) is 39.7 Å². The van der Waals surface area contributed by atoms with Gasteiger partial charge in [-0.15, -0.1) is 0 Å².